The fraction of sp³-hybridized carbons (Fsp3) is 0.588. The molecule has 0 aromatic heterocycles. The molecule has 2 rings (SSSR count). The smallest absolute Gasteiger partial charge is 0.204 e. The third-order valence-corrected chi connectivity index (χ3v) is 4.78. The number of rotatable bonds is 4. The Kier molecular flexibility index (Phi) is 5.18. The molecule has 0 heterocycles. The maximum Gasteiger partial charge on any atom is 0.204 e. The highest BCUT2D eigenvalue weighted by Crippen LogP contribution is 2.46. The van der Waals surface area contributed by atoms with Crippen LogP contribution < -0.4 is 4.74 Å². The zero-order chi connectivity index (χ0) is 17.2. The molecule has 23 heavy (non-hydrogen) atoms. The van der Waals surface area contributed by atoms with Crippen molar-refractivity contribution in [3.05, 3.63) is 28.8 Å². The molecule has 0 bridgehead atoms. The highest BCUT2D eigenvalue weighted by Gasteiger charge is 2.44. The van der Waals surface area contributed by atoms with Crippen LogP contribution in [0.4, 0.5) is 17.6 Å². The SMILES string of the molecule is CCCC1CCC(C#N)(c2c(F)c(F)c(OC)c(F)c2F)CC1. The molecule has 0 amide bonds. The predicted octanol–water partition coefficient (Wildman–Crippen LogP) is 5.00. The van der Waals surface area contributed by atoms with Crippen molar-refractivity contribution in [1.82, 2.24) is 0 Å². The number of ether oxygens (including phenoxy) is 1. The normalized spacial score (nSPS) is 24.3. The van der Waals surface area contributed by atoms with Gasteiger partial charge < -0.3 is 4.74 Å². The first-order valence-corrected chi connectivity index (χ1v) is 7.73. The number of halogens is 4. The van der Waals surface area contributed by atoms with Gasteiger partial charge in [0.05, 0.1) is 24.2 Å². The Balaban J connectivity index is 2.50. The van der Waals surface area contributed by atoms with Crippen LogP contribution in [0.5, 0.6) is 5.75 Å². The topological polar surface area (TPSA) is 33.0 Å². The van der Waals surface area contributed by atoms with Crippen LogP contribution in [0.1, 0.15) is 51.0 Å². The van der Waals surface area contributed by atoms with Gasteiger partial charge in [0.2, 0.25) is 11.6 Å². The van der Waals surface area contributed by atoms with E-state index >= 15 is 0 Å². The molecule has 2 nitrogen and oxygen atoms in total. The second-order valence-corrected chi connectivity index (χ2v) is 6.09. The molecule has 1 aliphatic rings. The Morgan fingerprint density at radius 1 is 1.09 bits per heavy atom. The molecule has 0 unspecified atom stereocenters. The minimum atomic E-state index is -1.59. The average Bonchev–Trinajstić information content (AvgIpc) is 2.56. The van der Waals surface area contributed by atoms with Gasteiger partial charge in [-0.1, -0.05) is 19.8 Å². The van der Waals surface area contributed by atoms with Crippen molar-refractivity contribution in [2.75, 3.05) is 7.11 Å². The minimum Gasteiger partial charge on any atom is -0.491 e. The largest absolute Gasteiger partial charge is 0.491 e. The molecular weight excluding hydrogens is 310 g/mol. The summed E-state index contributed by atoms with van der Waals surface area (Å²) in [5.74, 6) is -6.97. The second kappa shape index (κ2) is 6.77. The molecule has 6 heteroatoms. The zero-order valence-corrected chi connectivity index (χ0v) is 13.2. The van der Waals surface area contributed by atoms with Crippen molar-refractivity contribution >= 4 is 0 Å². The van der Waals surface area contributed by atoms with Gasteiger partial charge in [-0.05, 0) is 31.6 Å². The number of nitriles is 1. The van der Waals surface area contributed by atoms with Gasteiger partial charge in [-0.3, -0.25) is 0 Å². The lowest BCUT2D eigenvalue weighted by molar-refractivity contribution is 0.247. The third-order valence-electron chi connectivity index (χ3n) is 4.78. The summed E-state index contributed by atoms with van der Waals surface area (Å²) in [4.78, 5) is 0. The van der Waals surface area contributed by atoms with Crippen LogP contribution in [0.2, 0.25) is 0 Å². The van der Waals surface area contributed by atoms with Crippen molar-refractivity contribution in [3.63, 3.8) is 0 Å². The quantitative estimate of drug-likeness (QED) is 0.575. The Hall–Kier alpha value is -1.77. The predicted molar refractivity (Wildman–Crippen MR) is 77.0 cm³/mol. The number of hydrogen-bond donors (Lipinski definition) is 0. The summed E-state index contributed by atoms with van der Waals surface area (Å²) in [6.07, 6.45) is 3.54. The van der Waals surface area contributed by atoms with Crippen molar-refractivity contribution in [3.8, 4) is 11.8 Å². The van der Waals surface area contributed by atoms with Crippen LogP contribution in [0.3, 0.4) is 0 Å². The van der Waals surface area contributed by atoms with E-state index in [4.69, 9.17) is 0 Å². The van der Waals surface area contributed by atoms with Crippen molar-refractivity contribution in [1.29, 1.82) is 5.26 Å². The summed E-state index contributed by atoms with van der Waals surface area (Å²) in [7, 11) is 0.927. The van der Waals surface area contributed by atoms with Gasteiger partial charge in [-0.25, -0.2) is 8.78 Å². The van der Waals surface area contributed by atoms with Crippen LogP contribution in [-0.2, 0) is 5.41 Å². The lowest BCUT2D eigenvalue weighted by Gasteiger charge is -2.35. The first-order chi connectivity index (χ1) is 10.9. The van der Waals surface area contributed by atoms with E-state index in [9.17, 15) is 22.8 Å². The van der Waals surface area contributed by atoms with E-state index < -0.39 is 40.0 Å². The Bertz CT molecular complexity index is 601. The summed E-state index contributed by atoms with van der Waals surface area (Å²) >= 11 is 0. The number of benzene rings is 1. The van der Waals surface area contributed by atoms with Crippen LogP contribution in [0.15, 0.2) is 0 Å². The molecule has 0 atom stereocenters. The first-order valence-electron chi connectivity index (χ1n) is 7.73. The molecule has 0 spiro atoms. The summed E-state index contributed by atoms with van der Waals surface area (Å²) in [5.41, 5.74) is -2.34. The van der Waals surface area contributed by atoms with Crippen LogP contribution in [-0.4, -0.2) is 7.11 Å². The molecule has 1 aliphatic carbocycles. The van der Waals surface area contributed by atoms with Gasteiger partial charge in [0.25, 0.3) is 0 Å². The van der Waals surface area contributed by atoms with Gasteiger partial charge in [-0.2, -0.15) is 14.0 Å². The van der Waals surface area contributed by atoms with Gasteiger partial charge in [0, 0.05) is 0 Å². The van der Waals surface area contributed by atoms with Gasteiger partial charge in [0.15, 0.2) is 17.4 Å². The maximum atomic E-state index is 14.3. The Labute approximate surface area is 133 Å². The molecule has 0 saturated heterocycles. The van der Waals surface area contributed by atoms with E-state index in [0.717, 1.165) is 20.0 Å². The van der Waals surface area contributed by atoms with Crippen LogP contribution in [0, 0.1) is 40.5 Å². The lowest BCUT2D eigenvalue weighted by atomic mass is 9.66. The highest BCUT2D eigenvalue weighted by atomic mass is 19.2. The summed E-state index contributed by atoms with van der Waals surface area (Å²) < 4.78 is 61.0. The van der Waals surface area contributed by atoms with E-state index in [1.54, 1.807) is 0 Å². The Morgan fingerprint density at radius 2 is 1.61 bits per heavy atom. The molecule has 0 radical (unpaired) electrons. The van der Waals surface area contributed by atoms with Crippen LogP contribution >= 0.6 is 0 Å². The van der Waals surface area contributed by atoms with Gasteiger partial charge >= 0.3 is 0 Å². The zero-order valence-electron chi connectivity index (χ0n) is 13.2. The molecule has 1 aromatic rings. The van der Waals surface area contributed by atoms with E-state index in [-0.39, 0.29) is 12.8 Å². The summed E-state index contributed by atoms with van der Waals surface area (Å²) in [6, 6.07) is 1.92. The first kappa shape index (κ1) is 17.6. The van der Waals surface area contributed by atoms with E-state index in [1.807, 2.05) is 13.0 Å². The molecular formula is C17H19F4NO. The van der Waals surface area contributed by atoms with E-state index in [1.165, 1.54) is 0 Å². The van der Waals surface area contributed by atoms with Crippen molar-refractivity contribution < 1.29 is 22.3 Å². The molecule has 126 valence electrons. The number of hydrogen-bond acceptors (Lipinski definition) is 2. The van der Waals surface area contributed by atoms with Crippen molar-refractivity contribution in [2.24, 2.45) is 5.92 Å². The third kappa shape index (κ3) is 2.89. The lowest BCUT2D eigenvalue weighted by Crippen LogP contribution is -2.33. The molecule has 0 N–H and O–H groups in total. The monoisotopic (exact) mass is 329 g/mol. The average molecular weight is 329 g/mol. The second-order valence-electron chi connectivity index (χ2n) is 6.09. The fourth-order valence-corrected chi connectivity index (χ4v) is 3.50. The van der Waals surface area contributed by atoms with Gasteiger partial charge in [0.1, 0.15) is 0 Å². The molecule has 1 fully saturated rings. The molecule has 1 saturated carbocycles. The fourth-order valence-electron chi connectivity index (χ4n) is 3.50. The highest BCUT2D eigenvalue weighted by molar-refractivity contribution is 5.42. The van der Waals surface area contributed by atoms with Gasteiger partial charge in [-0.15, -0.1) is 0 Å². The molecule has 0 aliphatic heterocycles. The van der Waals surface area contributed by atoms with E-state index in [2.05, 4.69) is 4.74 Å². The summed E-state index contributed by atoms with van der Waals surface area (Å²) in [5, 5.41) is 9.51. The number of methoxy groups -OCH3 is 1. The van der Waals surface area contributed by atoms with Crippen molar-refractivity contribution in [2.45, 2.75) is 50.9 Å². The van der Waals surface area contributed by atoms with E-state index in [0.29, 0.717) is 18.8 Å². The Morgan fingerprint density at radius 3 is 2.00 bits per heavy atom. The molecule has 1 aromatic carbocycles. The van der Waals surface area contributed by atoms with Crippen LogP contribution in [0.25, 0.3) is 0 Å². The number of nitrogens with zero attached hydrogens (tertiary/aromatic N) is 1. The minimum absolute atomic E-state index is 0.188. The standard InChI is InChI=1S/C17H19F4NO/c1-3-4-10-5-7-17(9-22,8-6-10)11-12(18)14(20)16(23-2)15(21)13(11)19/h10H,3-8H2,1-2H3. The maximum absolute atomic E-state index is 14.3. The summed E-state index contributed by atoms with van der Waals surface area (Å²) in [6.45, 7) is 2.04.